The van der Waals surface area contributed by atoms with Gasteiger partial charge >= 0.3 is 5.97 Å². The number of carboxylic acids is 1. The maximum absolute atomic E-state index is 11.7. The van der Waals surface area contributed by atoms with Gasteiger partial charge in [0.25, 0.3) is 0 Å². The van der Waals surface area contributed by atoms with E-state index in [-0.39, 0.29) is 5.41 Å². The minimum atomic E-state index is -0.694. The lowest BCUT2D eigenvalue weighted by Crippen LogP contribution is -2.39. The van der Waals surface area contributed by atoms with Gasteiger partial charge in [0.05, 0.1) is 5.41 Å². The van der Waals surface area contributed by atoms with Crippen molar-refractivity contribution in [2.45, 2.75) is 45.4 Å². The standard InChI is InChI=1S/C17H24O3/c1-16(2,3)14-6-4-13(5-7-14)12-17(15(18)19)8-10-20-11-9-17/h4-7H,8-12H2,1-3H3,(H,18,19). The highest BCUT2D eigenvalue weighted by Crippen LogP contribution is 2.35. The fraction of sp³-hybridized carbons (Fsp3) is 0.588. The van der Waals surface area contributed by atoms with Crippen molar-refractivity contribution in [1.82, 2.24) is 0 Å². The number of carbonyl (C=O) groups is 1. The number of carboxylic acid groups (broad SMARTS) is 1. The van der Waals surface area contributed by atoms with Crippen molar-refractivity contribution >= 4 is 5.97 Å². The molecule has 0 amide bonds. The zero-order valence-corrected chi connectivity index (χ0v) is 12.6. The average Bonchev–Trinajstić information content (AvgIpc) is 2.39. The van der Waals surface area contributed by atoms with Gasteiger partial charge in [0.2, 0.25) is 0 Å². The van der Waals surface area contributed by atoms with E-state index in [1.165, 1.54) is 5.56 Å². The van der Waals surface area contributed by atoms with E-state index in [9.17, 15) is 9.90 Å². The molecule has 1 aromatic rings. The van der Waals surface area contributed by atoms with Crippen molar-refractivity contribution < 1.29 is 14.6 Å². The van der Waals surface area contributed by atoms with E-state index in [1.54, 1.807) is 0 Å². The van der Waals surface area contributed by atoms with Crippen LogP contribution in [-0.2, 0) is 21.4 Å². The van der Waals surface area contributed by atoms with E-state index in [0.717, 1.165) is 5.56 Å². The summed E-state index contributed by atoms with van der Waals surface area (Å²) < 4.78 is 5.31. The maximum atomic E-state index is 11.7. The summed E-state index contributed by atoms with van der Waals surface area (Å²) in [4.78, 5) is 11.7. The number of benzene rings is 1. The Balaban J connectivity index is 2.17. The minimum Gasteiger partial charge on any atom is -0.481 e. The molecule has 1 aromatic carbocycles. The third-order valence-corrected chi connectivity index (χ3v) is 4.27. The molecule has 0 saturated carbocycles. The number of aliphatic carboxylic acids is 1. The molecule has 110 valence electrons. The Morgan fingerprint density at radius 3 is 2.20 bits per heavy atom. The Morgan fingerprint density at radius 1 is 1.20 bits per heavy atom. The smallest absolute Gasteiger partial charge is 0.310 e. The van der Waals surface area contributed by atoms with Gasteiger partial charge in [-0.15, -0.1) is 0 Å². The lowest BCUT2D eigenvalue weighted by molar-refractivity contribution is -0.154. The summed E-state index contributed by atoms with van der Waals surface area (Å²) in [6.07, 6.45) is 1.79. The lowest BCUT2D eigenvalue weighted by atomic mass is 9.75. The summed E-state index contributed by atoms with van der Waals surface area (Å²) in [5, 5.41) is 9.58. The van der Waals surface area contributed by atoms with Crippen molar-refractivity contribution in [2.24, 2.45) is 5.41 Å². The molecule has 0 aromatic heterocycles. The first kappa shape index (κ1) is 15.0. The second-order valence-corrected chi connectivity index (χ2v) is 6.82. The fourth-order valence-corrected chi connectivity index (χ4v) is 2.74. The van der Waals surface area contributed by atoms with Gasteiger partial charge in [0, 0.05) is 13.2 Å². The largest absolute Gasteiger partial charge is 0.481 e. The SMILES string of the molecule is CC(C)(C)c1ccc(CC2(C(=O)O)CCOCC2)cc1. The highest BCUT2D eigenvalue weighted by Gasteiger charge is 2.40. The summed E-state index contributed by atoms with van der Waals surface area (Å²) in [6, 6.07) is 8.37. The first-order chi connectivity index (χ1) is 9.33. The third-order valence-electron chi connectivity index (χ3n) is 4.27. The summed E-state index contributed by atoms with van der Waals surface area (Å²) in [5.74, 6) is -0.694. The van der Waals surface area contributed by atoms with Crippen molar-refractivity contribution in [3.05, 3.63) is 35.4 Å². The highest BCUT2D eigenvalue weighted by molar-refractivity contribution is 5.75. The molecule has 0 spiro atoms. The number of ether oxygens (including phenoxy) is 1. The van der Waals surface area contributed by atoms with Gasteiger partial charge in [-0.2, -0.15) is 0 Å². The van der Waals surface area contributed by atoms with Crippen LogP contribution in [0.5, 0.6) is 0 Å². The van der Waals surface area contributed by atoms with Gasteiger partial charge in [0.1, 0.15) is 0 Å². The summed E-state index contributed by atoms with van der Waals surface area (Å²) in [7, 11) is 0. The molecule has 0 aliphatic carbocycles. The van der Waals surface area contributed by atoms with Gasteiger partial charge in [-0.3, -0.25) is 4.79 Å². The molecule has 2 rings (SSSR count). The Labute approximate surface area is 121 Å². The van der Waals surface area contributed by atoms with Crippen LogP contribution < -0.4 is 0 Å². The normalized spacial score (nSPS) is 18.8. The maximum Gasteiger partial charge on any atom is 0.310 e. The Morgan fingerprint density at radius 2 is 1.75 bits per heavy atom. The number of hydrogen-bond acceptors (Lipinski definition) is 2. The molecule has 20 heavy (non-hydrogen) atoms. The van der Waals surface area contributed by atoms with Gasteiger partial charge in [-0.05, 0) is 35.8 Å². The van der Waals surface area contributed by atoms with Crippen LogP contribution >= 0.6 is 0 Å². The summed E-state index contributed by atoms with van der Waals surface area (Å²) in [6.45, 7) is 7.64. The Hall–Kier alpha value is -1.35. The van der Waals surface area contributed by atoms with Crippen LogP contribution in [0.2, 0.25) is 0 Å². The second-order valence-electron chi connectivity index (χ2n) is 6.82. The van der Waals surface area contributed by atoms with E-state index in [2.05, 4.69) is 45.0 Å². The molecular formula is C17H24O3. The van der Waals surface area contributed by atoms with E-state index in [1.807, 2.05) is 0 Å². The molecule has 0 bridgehead atoms. The van der Waals surface area contributed by atoms with Crippen molar-refractivity contribution in [3.63, 3.8) is 0 Å². The first-order valence-corrected chi connectivity index (χ1v) is 7.24. The van der Waals surface area contributed by atoms with Crippen LogP contribution in [-0.4, -0.2) is 24.3 Å². The molecule has 1 aliphatic rings. The Bertz CT molecular complexity index is 462. The van der Waals surface area contributed by atoms with Crippen molar-refractivity contribution in [1.29, 1.82) is 0 Å². The van der Waals surface area contributed by atoms with Crippen LogP contribution in [0.1, 0.15) is 44.7 Å². The van der Waals surface area contributed by atoms with Gasteiger partial charge in [0.15, 0.2) is 0 Å². The zero-order valence-electron chi connectivity index (χ0n) is 12.6. The molecule has 3 nitrogen and oxygen atoms in total. The topological polar surface area (TPSA) is 46.5 Å². The minimum absolute atomic E-state index is 0.127. The molecule has 0 radical (unpaired) electrons. The lowest BCUT2D eigenvalue weighted by Gasteiger charge is -2.33. The van der Waals surface area contributed by atoms with E-state index in [0.29, 0.717) is 32.5 Å². The molecular weight excluding hydrogens is 252 g/mol. The number of rotatable bonds is 3. The molecule has 1 fully saturated rings. The Kier molecular flexibility index (Phi) is 4.19. The van der Waals surface area contributed by atoms with Crippen LogP contribution in [0.15, 0.2) is 24.3 Å². The highest BCUT2D eigenvalue weighted by atomic mass is 16.5. The van der Waals surface area contributed by atoms with Gasteiger partial charge < -0.3 is 9.84 Å². The van der Waals surface area contributed by atoms with Crippen LogP contribution in [0.25, 0.3) is 0 Å². The quantitative estimate of drug-likeness (QED) is 0.920. The second kappa shape index (κ2) is 5.57. The van der Waals surface area contributed by atoms with E-state index >= 15 is 0 Å². The summed E-state index contributed by atoms with van der Waals surface area (Å²) >= 11 is 0. The number of hydrogen-bond donors (Lipinski definition) is 1. The van der Waals surface area contributed by atoms with Gasteiger partial charge in [-0.25, -0.2) is 0 Å². The third kappa shape index (κ3) is 3.21. The summed E-state index contributed by atoms with van der Waals surface area (Å²) in [5.41, 5.74) is 1.85. The fourth-order valence-electron chi connectivity index (χ4n) is 2.74. The van der Waals surface area contributed by atoms with E-state index in [4.69, 9.17) is 4.74 Å². The molecule has 0 atom stereocenters. The first-order valence-electron chi connectivity index (χ1n) is 7.24. The monoisotopic (exact) mass is 276 g/mol. The predicted octanol–water partition coefficient (Wildman–Crippen LogP) is 3.41. The van der Waals surface area contributed by atoms with Crippen LogP contribution in [0.4, 0.5) is 0 Å². The molecule has 1 saturated heterocycles. The zero-order chi connectivity index (χ0) is 14.8. The molecule has 3 heteroatoms. The molecule has 1 N–H and O–H groups in total. The van der Waals surface area contributed by atoms with E-state index < -0.39 is 11.4 Å². The molecule has 1 aliphatic heterocycles. The van der Waals surface area contributed by atoms with Crippen LogP contribution in [0, 0.1) is 5.41 Å². The van der Waals surface area contributed by atoms with Crippen molar-refractivity contribution in [2.75, 3.05) is 13.2 Å². The molecule has 1 heterocycles. The average molecular weight is 276 g/mol. The van der Waals surface area contributed by atoms with Crippen molar-refractivity contribution in [3.8, 4) is 0 Å². The van der Waals surface area contributed by atoms with Crippen LogP contribution in [0.3, 0.4) is 0 Å². The predicted molar refractivity (Wildman–Crippen MR) is 79.0 cm³/mol. The van der Waals surface area contributed by atoms with Gasteiger partial charge in [-0.1, -0.05) is 45.0 Å². The molecule has 0 unspecified atom stereocenters.